The highest BCUT2D eigenvalue weighted by atomic mass is 32.2. The summed E-state index contributed by atoms with van der Waals surface area (Å²) in [5.41, 5.74) is -0.611. The van der Waals surface area contributed by atoms with Crippen molar-refractivity contribution in [2.45, 2.75) is 16.7 Å². The Balaban J connectivity index is 2.48. The van der Waals surface area contributed by atoms with Gasteiger partial charge in [0.2, 0.25) is 0 Å². The fourth-order valence-electron chi connectivity index (χ4n) is 2.26. The van der Waals surface area contributed by atoms with E-state index in [-0.39, 0.29) is 26.6 Å². The minimum Gasteiger partial charge on any atom is -0.268 e. The molecule has 0 fully saturated rings. The first-order valence-corrected chi connectivity index (χ1v) is 7.92. The van der Waals surface area contributed by atoms with Gasteiger partial charge in [-0.25, -0.2) is 12.7 Å². The van der Waals surface area contributed by atoms with Crippen molar-refractivity contribution in [3.05, 3.63) is 17.2 Å². The van der Waals surface area contributed by atoms with Crippen molar-refractivity contribution in [3.63, 3.8) is 0 Å². The van der Waals surface area contributed by atoms with Crippen LogP contribution in [0.5, 0.6) is 0 Å². The van der Waals surface area contributed by atoms with Crippen molar-refractivity contribution in [1.29, 1.82) is 0 Å². The summed E-state index contributed by atoms with van der Waals surface area (Å²) >= 11 is 0. The maximum absolute atomic E-state index is 13.3. The number of hydrogen-bond acceptors (Lipinski definition) is 5. The van der Waals surface area contributed by atoms with Crippen molar-refractivity contribution in [1.82, 2.24) is 4.31 Å². The van der Waals surface area contributed by atoms with Gasteiger partial charge in [0.15, 0.2) is 0 Å². The van der Waals surface area contributed by atoms with E-state index in [0.29, 0.717) is 4.31 Å². The largest absolute Gasteiger partial charge is 0.293 e. The summed E-state index contributed by atoms with van der Waals surface area (Å²) in [4.78, 5) is 11.2. The third kappa shape index (κ3) is 1.13. The molecule has 19 heavy (non-hydrogen) atoms. The number of hydrogen-bond donors (Lipinski definition) is 0. The van der Waals surface area contributed by atoms with Crippen LogP contribution in [0.3, 0.4) is 0 Å². The summed E-state index contributed by atoms with van der Waals surface area (Å²) in [6.45, 7) is 1.29. The van der Waals surface area contributed by atoms with E-state index in [2.05, 4.69) is 0 Å². The number of nitrogens with zero attached hydrogens (tertiary/aromatic N) is 2. The van der Waals surface area contributed by atoms with Gasteiger partial charge in [-0.05, 0) is 18.6 Å². The van der Waals surface area contributed by atoms with E-state index in [1.54, 1.807) is 0 Å². The van der Waals surface area contributed by atoms with Gasteiger partial charge in [0, 0.05) is 7.05 Å². The second-order valence-electron chi connectivity index (χ2n) is 4.22. The molecular formula is C9H7FN2O5S2. The van der Waals surface area contributed by atoms with Crippen LogP contribution in [-0.4, -0.2) is 34.1 Å². The lowest BCUT2D eigenvalue weighted by molar-refractivity contribution is 0.0891. The predicted octanol–water partition coefficient (Wildman–Crippen LogP) is 0.163. The highest BCUT2D eigenvalue weighted by molar-refractivity contribution is 7.94. The number of carbonyl (C=O) groups excluding carboxylic acids is 1. The lowest BCUT2D eigenvalue weighted by Crippen LogP contribution is -2.35. The van der Waals surface area contributed by atoms with Crippen LogP contribution in [0.2, 0.25) is 0 Å². The maximum Gasteiger partial charge on any atom is 0.293 e. The molecule has 0 aliphatic carbocycles. The van der Waals surface area contributed by atoms with Crippen LogP contribution in [0.15, 0.2) is 15.9 Å². The van der Waals surface area contributed by atoms with E-state index >= 15 is 0 Å². The fraction of sp³-hybridized carbons (Fsp3) is 0.222. The number of anilines is 1. The number of benzene rings is 1. The van der Waals surface area contributed by atoms with E-state index in [9.17, 15) is 26.1 Å². The summed E-state index contributed by atoms with van der Waals surface area (Å²) in [6.07, 6.45) is 0. The minimum atomic E-state index is -4.25. The highest BCUT2D eigenvalue weighted by Crippen LogP contribution is 2.48. The average Bonchev–Trinajstić information content (AvgIpc) is 2.50. The molecule has 0 saturated heterocycles. The Morgan fingerprint density at radius 3 is 2.32 bits per heavy atom. The Kier molecular flexibility index (Phi) is 2.00. The van der Waals surface area contributed by atoms with Crippen molar-refractivity contribution >= 4 is 31.6 Å². The predicted molar refractivity (Wildman–Crippen MR) is 61.2 cm³/mol. The van der Waals surface area contributed by atoms with Gasteiger partial charge in [0.1, 0.15) is 15.5 Å². The van der Waals surface area contributed by atoms with E-state index in [4.69, 9.17) is 0 Å². The van der Waals surface area contributed by atoms with Crippen LogP contribution in [0.4, 0.5) is 10.2 Å². The zero-order valence-electron chi connectivity index (χ0n) is 9.71. The highest BCUT2D eigenvalue weighted by Gasteiger charge is 2.49. The third-order valence-corrected chi connectivity index (χ3v) is 6.67. The standard InChI is InChI=1S/C9H7FN2O5S2/c1-4-7-6(18(14,15)11(2)9(7)13)3-5-8(4)19(16,17)12(5)10/h3H,1-2H3. The summed E-state index contributed by atoms with van der Waals surface area (Å²) < 4.78 is 60.2. The molecule has 1 amide bonds. The van der Waals surface area contributed by atoms with Crippen molar-refractivity contribution in [2.75, 3.05) is 11.6 Å². The monoisotopic (exact) mass is 306 g/mol. The van der Waals surface area contributed by atoms with E-state index < -0.39 is 30.5 Å². The zero-order valence-corrected chi connectivity index (χ0v) is 11.3. The van der Waals surface area contributed by atoms with Gasteiger partial charge in [-0.3, -0.25) is 4.79 Å². The molecule has 0 radical (unpaired) electrons. The lowest BCUT2D eigenvalue weighted by Gasteiger charge is -2.28. The minimum absolute atomic E-state index is 0.0423. The molecule has 0 N–H and O–H groups in total. The molecule has 0 atom stereocenters. The van der Waals surface area contributed by atoms with E-state index in [1.165, 1.54) is 6.92 Å². The first-order valence-electron chi connectivity index (χ1n) is 5.03. The van der Waals surface area contributed by atoms with Gasteiger partial charge < -0.3 is 0 Å². The van der Waals surface area contributed by atoms with Gasteiger partial charge in [0.05, 0.1) is 5.56 Å². The average molecular weight is 306 g/mol. The number of rotatable bonds is 0. The Bertz CT molecular complexity index is 859. The first-order chi connectivity index (χ1) is 8.61. The van der Waals surface area contributed by atoms with Crippen LogP contribution in [0.25, 0.3) is 0 Å². The van der Waals surface area contributed by atoms with E-state index in [0.717, 1.165) is 13.1 Å². The van der Waals surface area contributed by atoms with Crippen molar-refractivity contribution in [2.24, 2.45) is 0 Å². The number of halogens is 1. The smallest absolute Gasteiger partial charge is 0.268 e. The second kappa shape index (κ2) is 3.07. The van der Waals surface area contributed by atoms with Crippen LogP contribution in [-0.2, 0) is 20.0 Å². The molecule has 0 unspecified atom stereocenters. The fourth-order valence-corrected chi connectivity index (χ4v) is 4.95. The first kappa shape index (κ1) is 12.4. The quantitative estimate of drug-likeness (QED) is 0.637. The second-order valence-corrected chi connectivity index (χ2v) is 7.84. The van der Waals surface area contributed by atoms with Crippen molar-refractivity contribution < 1.29 is 26.1 Å². The molecular weight excluding hydrogens is 299 g/mol. The Morgan fingerprint density at radius 1 is 1.16 bits per heavy atom. The van der Waals surface area contributed by atoms with Gasteiger partial charge in [0.25, 0.3) is 26.0 Å². The molecule has 2 aliphatic heterocycles. The molecule has 1 aromatic carbocycles. The normalized spacial score (nSPS) is 21.9. The molecule has 0 saturated carbocycles. The SMILES string of the molecule is Cc1c2c(cc3c1S(=O)(=O)N3F)S(=O)(=O)N(C)C2=O. The molecule has 102 valence electrons. The summed E-state index contributed by atoms with van der Waals surface area (Å²) in [5.74, 6) is -0.817. The summed E-state index contributed by atoms with van der Waals surface area (Å²) in [6, 6.07) is 0.870. The molecule has 7 nitrogen and oxygen atoms in total. The molecule has 0 spiro atoms. The molecule has 0 bridgehead atoms. The van der Waals surface area contributed by atoms with Crippen LogP contribution in [0.1, 0.15) is 15.9 Å². The third-order valence-electron chi connectivity index (χ3n) is 3.26. The van der Waals surface area contributed by atoms with Gasteiger partial charge in [-0.2, -0.15) is 8.42 Å². The lowest BCUT2D eigenvalue weighted by atomic mass is 10.1. The molecule has 2 heterocycles. The Hall–Kier alpha value is -1.68. The maximum atomic E-state index is 13.3. The molecule has 2 aliphatic rings. The van der Waals surface area contributed by atoms with Crippen LogP contribution >= 0.6 is 0 Å². The van der Waals surface area contributed by atoms with Crippen molar-refractivity contribution in [3.8, 4) is 0 Å². The number of fused-ring (bicyclic) bond motifs is 2. The van der Waals surface area contributed by atoms with Crippen LogP contribution in [0, 0.1) is 6.92 Å². The summed E-state index contributed by atoms with van der Waals surface area (Å²) in [5, 5.41) is 0. The van der Waals surface area contributed by atoms with Gasteiger partial charge in [-0.15, -0.1) is 0 Å². The number of carbonyl (C=O) groups is 1. The number of sulfonamides is 2. The Labute approximate surface area is 108 Å². The molecule has 1 aromatic rings. The number of amides is 1. The molecule has 3 rings (SSSR count). The molecule has 10 heteroatoms. The van der Waals surface area contributed by atoms with Crippen LogP contribution < -0.4 is 4.53 Å². The molecule has 0 aromatic heterocycles. The summed E-state index contributed by atoms with van der Waals surface area (Å²) in [7, 11) is -7.21. The van der Waals surface area contributed by atoms with Gasteiger partial charge >= 0.3 is 0 Å². The topological polar surface area (TPSA) is 91.8 Å². The zero-order chi connectivity index (χ0) is 14.3. The van der Waals surface area contributed by atoms with Gasteiger partial charge in [-0.1, -0.05) is 9.01 Å². The van der Waals surface area contributed by atoms with E-state index in [1.807, 2.05) is 0 Å². The Morgan fingerprint density at radius 2 is 1.74 bits per heavy atom.